The van der Waals surface area contributed by atoms with Crippen LogP contribution in [0.1, 0.15) is 23.8 Å². The number of nitrogens with one attached hydrogen (secondary N) is 2. The fraction of sp³-hybridized carbons (Fsp3) is 0.333. The maximum Gasteiger partial charge on any atom is 0.270 e. The number of benzene rings is 1. The van der Waals surface area contributed by atoms with Gasteiger partial charge in [0.25, 0.3) is 5.91 Å². The van der Waals surface area contributed by atoms with E-state index in [1.807, 2.05) is 13.0 Å². The molecule has 0 bridgehead atoms. The van der Waals surface area contributed by atoms with Crippen molar-refractivity contribution in [3.63, 3.8) is 0 Å². The first-order valence-corrected chi connectivity index (χ1v) is 7.35. The molecule has 3 rings (SSSR count). The Hall–Kier alpha value is -2.01. The molecule has 1 saturated heterocycles. The second kappa shape index (κ2) is 5.41. The van der Waals surface area contributed by atoms with Crippen LogP contribution in [0.25, 0.3) is 10.9 Å². The van der Waals surface area contributed by atoms with E-state index in [0.717, 1.165) is 10.9 Å². The van der Waals surface area contributed by atoms with E-state index in [2.05, 4.69) is 10.3 Å². The summed E-state index contributed by atoms with van der Waals surface area (Å²) >= 11 is 5.95. The van der Waals surface area contributed by atoms with Crippen molar-refractivity contribution >= 4 is 34.3 Å². The number of hydrogen-bond acceptors (Lipinski definition) is 2. The van der Waals surface area contributed by atoms with Gasteiger partial charge in [0.2, 0.25) is 5.91 Å². The largest absolute Gasteiger partial charge is 0.354 e. The number of nitrogens with zero attached hydrogens (tertiary/aromatic N) is 1. The van der Waals surface area contributed by atoms with Crippen molar-refractivity contribution in [1.29, 1.82) is 0 Å². The number of rotatable bonds is 3. The van der Waals surface area contributed by atoms with Crippen LogP contribution in [-0.2, 0) is 4.79 Å². The molecule has 1 aromatic carbocycles. The summed E-state index contributed by atoms with van der Waals surface area (Å²) in [6, 6.07) is 6.85. The molecule has 0 spiro atoms. The smallest absolute Gasteiger partial charge is 0.270 e. The van der Waals surface area contributed by atoms with Crippen LogP contribution in [0.5, 0.6) is 0 Å². The third kappa shape index (κ3) is 2.49. The highest BCUT2D eigenvalue weighted by molar-refractivity contribution is 6.31. The molecule has 1 fully saturated rings. The SMILES string of the molecule is CCN(C(=O)c1cc2ccc(Cl)cc2[nH]1)C1CCNC1=O. The normalized spacial score (nSPS) is 18.0. The molecule has 0 saturated carbocycles. The second-order valence-corrected chi connectivity index (χ2v) is 5.54. The number of H-pyrrole nitrogens is 1. The average Bonchev–Trinajstić information content (AvgIpc) is 3.06. The van der Waals surface area contributed by atoms with E-state index in [1.54, 1.807) is 23.1 Å². The van der Waals surface area contributed by atoms with Gasteiger partial charge in [-0.2, -0.15) is 0 Å². The van der Waals surface area contributed by atoms with Crippen molar-refractivity contribution in [1.82, 2.24) is 15.2 Å². The number of hydrogen-bond donors (Lipinski definition) is 2. The van der Waals surface area contributed by atoms with Gasteiger partial charge in [-0.05, 0) is 31.5 Å². The van der Waals surface area contributed by atoms with Crippen LogP contribution >= 0.6 is 11.6 Å². The molecule has 2 aromatic rings. The summed E-state index contributed by atoms with van der Waals surface area (Å²) in [5.74, 6) is -0.240. The van der Waals surface area contributed by atoms with Gasteiger partial charge in [0.15, 0.2) is 0 Å². The van der Waals surface area contributed by atoms with Gasteiger partial charge in [-0.3, -0.25) is 9.59 Å². The molecular weight excluding hydrogens is 290 g/mol. The fourth-order valence-corrected chi connectivity index (χ4v) is 2.93. The van der Waals surface area contributed by atoms with E-state index < -0.39 is 0 Å². The van der Waals surface area contributed by atoms with Crippen molar-refractivity contribution in [3.8, 4) is 0 Å². The number of halogens is 1. The first-order valence-electron chi connectivity index (χ1n) is 6.97. The molecule has 5 nitrogen and oxygen atoms in total. The van der Waals surface area contributed by atoms with Crippen LogP contribution in [0.2, 0.25) is 5.02 Å². The third-order valence-electron chi connectivity index (χ3n) is 3.81. The van der Waals surface area contributed by atoms with Crippen LogP contribution in [0.15, 0.2) is 24.3 Å². The van der Waals surface area contributed by atoms with Gasteiger partial charge in [0, 0.05) is 29.0 Å². The summed E-state index contributed by atoms with van der Waals surface area (Å²) in [5.41, 5.74) is 1.30. The predicted molar refractivity (Wildman–Crippen MR) is 81.4 cm³/mol. The maximum absolute atomic E-state index is 12.6. The first kappa shape index (κ1) is 13.9. The summed E-state index contributed by atoms with van der Waals surface area (Å²) < 4.78 is 0. The zero-order valence-corrected chi connectivity index (χ0v) is 12.4. The molecule has 21 heavy (non-hydrogen) atoms. The number of likely N-dealkylation sites (N-methyl/N-ethyl adjacent to an activating group) is 1. The quantitative estimate of drug-likeness (QED) is 0.913. The van der Waals surface area contributed by atoms with Crippen molar-refractivity contribution in [2.75, 3.05) is 13.1 Å². The fourth-order valence-electron chi connectivity index (χ4n) is 2.75. The molecule has 110 valence electrons. The molecule has 1 aliphatic heterocycles. The van der Waals surface area contributed by atoms with E-state index in [-0.39, 0.29) is 17.9 Å². The summed E-state index contributed by atoms with van der Waals surface area (Å²) in [7, 11) is 0. The lowest BCUT2D eigenvalue weighted by Crippen LogP contribution is -2.44. The molecule has 6 heteroatoms. The van der Waals surface area contributed by atoms with Gasteiger partial charge in [-0.25, -0.2) is 0 Å². The molecule has 1 aliphatic rings. The van der Waals surface area contributed by atoms with Crippen LogP contribution in [0.3, 0.4) is 0 Å². The molecule has 0 radical (unpaired) electrons. The van der Waals surface area contributed by atoms with Gasteiger partial charge in [-0.1, -0.05) is 17.7 Å². The number of aromatic nitrogens is 1. The molecule has 2 heterocycles. The van der Waals surface area contributed by atoms with Gasteiger partial charge in [0.1, 0.15) is 11.7 Å². The van der Waals surface area contributed by atoms with Gasteiger partial charge < -0.3 is 15.2 Å². The van der Waals surface area contributed by atoms with E-state index in [4.69, 9.17) is 11.6 Å². The molecular formula is C15H16ClN3O2. The van der Waals surface area contributed by atoms with Crippen molar-refractivity contribution in [3.05, 3.63) is 35.0 Å². The zero-order valence-electron chi connectivity index (χ0n) is 11.6. The van der Waals surface area contributed by atoms with Gasteiger partial charge >= 0.3 is 0 Å². The Morgan fingerprint density at radius 1 is 1.43 bits per heavy atom. The zero-order chi connectivity index (χ0) is 15.0. The van der Waals surface area contributed by atoms with Crippen LogP contribution < -0.4 is 5.32 Å². The van der Waals surface area contributed by atoms with Crippen molar-refractivity contribution in [2.45, 2.75) is 19.4 Å². The Balaban J connectivity index is 1.92. The molecule has 1 aromatic heterocycles. The second-order valence-electron chi connectivity index (χ2n) is 5.10. The molecule has 2 N–H and O–H groups in total. The number of fused-ring (bicyclic) bond motifs is 1. The predicted octanol–water partition coefficient (Wildman–Crippen LogP) is 2.17. The molecule has 1 unspecified atom stereocenters. The highest BCUT2D eigenvalue weighted by Gasteiger charge is 2.33. The average molecular weight is 306 g/mol. The Kier molecular flexibility index (Phi) is 3.59. The lowest BCUT2D eigenvalue weighted by atomic mass is 10.2. The first-order chi connectivity index (χ1) is 10.1. The van der Waals surface area contributed by atoms with Crippen molar-refractivity contribution < 1.29 is 9.59 Å². The van der Waals surface area contributed by atoms with E-state index in [0.29, 0.717) is 30.2 Å². The van der Waals surface area contributed by atoms with Gasteiger partial charge in [0.05, 0.1) is 0 Å². The molecule has 0 aliphatic carbocycles. The van der Waals surface area contributed by atoms with Crippen LogP contribution in [0.4, 0.5) is 0 Å². The summed E-state index contributed by atoms with van der Waals surface area (Å²) in [4.78, 5) is 29.1. The summed E-state index contributed by atoms with van der Waals surface area (Å²) in [6.07, 6.45) is 0.657. The Labute approximate surface area is 127 Å². The van der Waals surface area contributed by atoms with Gasteiger partial charge in [-0.15, -0.1) is 0 Å². The number of amides is 2. The van der Waals surface area contributed by atoms with Crippen LogP contribution in [-0.4, -0.2) is 40.8 Å². The van der Waals surface area contributed by atoms with Crippen LogP contribution in [0, 0.1) is 0 Å². The van der Waals surface area contributed by atoms with Crippen molar-refractivity contribution in [2.24, 2.45) is 0 Å². The topological polar surface area (TPSA) is 65.2 Å². The Morgan fingerprint density at radius 2 is 2.24 bits per heavy atom. The monoisotopic (exact) mass is 305 g/mol. The maximum atomic E-state index is 12.6. The standard InChI is InChI=1S/C15H16ClN3O2/c1-2-19(13-5-6-17-14(13)20)15(21)12-7-9-3-4-10(16)8-11(9)18-12/h3-4,7-8,13,18H,2,5-6H2,1H3,(H,17,20). The minimum atomic E-state index is -0.377. The lowest BCUT2D eigenvalue weighted by Gasteiger charge is -2.25. The molecule has 1 atom stereocenters. The number of carbonyl (C=O) groups is 2. The Bertz CT molecular complexity index is 710. The minimum Gasteiger partial charge on any atom is -0.354 e. The molecule has 2 amide bonds. The van der Waals surface area contributed by atoms with E-state index in [9.17, 15) is 9.59 Å². The summed E-state index contributed by atoms with van der Waals surface area (Å²) in [5, 5.41) is 4.31. The Morgan fingerprint density at radius 3 is 2.90 bits per heavy atom. The van der Waals surface area contributed by atoms with E-state index in [1.165, 1.54) is 0 Å². The minimum absolute atomic E-state index is 0.0793. The lowest BCUT2D eigenvalue weighted by molar-refractivity contribution is -0.123. The third-order valence-corrected chi connectivity index (χ3v) is 4.05. The highest BCUT2D eigenvalue weighted by Crippen LogP contribution is 2.22. The van der Waals surface area contributed by atoms with E-state index >= 15 is 0 Å². The summed E-state index contributed by atoms with van der Waals surface area (Å²) in [6.45, 7) is 2.99. The highest BCUT2D eigenvalue weighted by atomic mass is 35.5. The number of carbonyl (C=O) groups excluding carboxylic acids is 2. The number of aromatic amines is 1.